The third kappa shape index (κ3) is 2.94. The number of aromatic nitrogens is 1. The van der Waals surface area contributed by atoms with Crippen LogP contribution in [0.2, 0.25) is 0 Å². The van der Waals surface area contributed by atoms with Crippen LogP contribution in [0.4, 0.5) is 0 Å². The fourth-order valence-electron chi connectivity index (χ4n) is 4.67. The fourth-order valence-corrected chi connectivity index (χ4v) is 5.78. The van der Waals surface area contributed by atoms with E-state index >= 15 is 0 Å². The molecule has 0 saturated heterocycles. The second-order valence-corrected chi connectivity index (χ2v) is 8.89. The number of amides is 1. The number of benzene rings is 2. The molecule has 0 saturated carbocycles. The highest BCUT2D eigenvalue weighted by molar-refractivity contribution is 7.98. The van der Waals surface area contributed by atoms with Crippen LogP contribution in [-0.2, 0) is 16.3 Å². The van der Waals surface area contributed by atoms with Crippen LogP contribution >= 0.6 is 11.8 Å². The van der Waals surface area contributed by atoms with Gasteiger partial charge >= 0.3 is 5.97 Å². The Morgan fingerprint density at radius 2 is 1.91 bits per heavy atom. The fraction of sp³-hybridized carbons (Fsp3) is 0.208. The zero-order valence-electron chi connectivity index (χ0n) is 17.2. The van der Waals surface area contributed by atoms with Gasteiger partial charge in [0, 0.05) is 22.8 Å². The lowest BCUT2D eigenvalue weighted by Crippen LogP contribution is -2.40. The zero-order chi connectivity index (χ0) is 22.6. The zero-order valence-corrected chi connectivity index (χ0v) is 18.0. The van der Waals surface area contributed by atoms with Crippen molar-refractivity contribution in [1.82, 2.24) is 9.88 Å². The Bertz CT molecular complexity index is 1350. The number of pyridine rings is 1. The molecule has 2 heterocycles. The lowest BCUT2D eigenvalue weighted by atomic mass is 9.75. The van der Waals surface area contributed by atoms with Crippen LogP contribution < -0.4 is 10.9 Å². The Labute approximate surface area is 187 Å². The molecule has 1 atom stereocenters. The van der Waals surface area contributed by atoms with Gasteiger partial charge in [-0.1, -0.05) is 42.5 Å². The summed E-state index contributed by atoms with van der Waals surface area (Å²) in [4.78, 5) is 37.1. The molecule has 1 unspecified atom stereocenters. The van der Waals surface area contributed by atoms with E-state index in [0.717, 1.165) is 27.8 Å². The van der Waals surface area contributed by atoms with E-state index in [-0.39, 0.29) is 11.8 Å². The molecular formula is C24H20N2O5S. The van der Waals surface area contributed by atoms with Crippen LogP contribution in [0.5, 0.6) is 5.75 Å². The predicted molar refractivity (Wildman–Crippen MR) is 121 cm³/mol. The van der Waals surface area contributed by atoms with Crippen molar-refractivity contribution in [2.24, 2.45) is 0 Å². The molecule has 7 nitrogen and oxygen atoms in total. The van der Waals surface area contributed by atoms with Gasteiger partial charge in [-0.25, -0.2) is 0 Å². The van der Waals surface area contributed by atoms with Gasteiger partial charge in [0.25, 0.3) is 11.5 Å². The normalized spacial score (nSPS) is 15.7. The van der Waals surface area contributed by atoms with E-state index in [1.54, 1.807) is 16.3 Å². The molecule has 8 heteroatoms. The smallest absolute Gasteiger partial charge is 0.322 e. The lowest BCUT2D eigenvalue weighted by Gasteiger charge is -2.37. The molecule has 5 rings (SSSR count). The molecule has 3 N–H and O–H groups in total. The number of aromatic hydroxyl groups is 1. The van der Waals surface area contributed by atoms with Crippen molar-refractivity contribution in [3.8, 4) is 16.9 Å². The second-order valence-electron chi connectivity index (χ2n) is 7.90. The van der Waals surface area contributed by atoms with Crippen molar-refractivity contribution in [1.29, 1.82) is 0 Å². The number of aliphatic carboxylic acids is 1. The van der Waals surface area contributed by atoms with Crippen molar-refractivity contribution in [3.63, 3.8) is 0 Å². The van der Waals surface area contributed by atoms with Gasteiger partial charge in [0.15, 0.2) is 0 Å². The summed E-state index contributed by atoms with van der Waals surface area (Å²) in [7, 11) is 0. The first kappa shape index (κ1) is 20.4. The molecule has 162 valence electrons. The number of carbonyl (C=O) groups excluding carboxylic acids is 1. The molecule has 1 aliphatic heterocycles. The second kappa shape index (κ2) is 7.56. The van der Waals surface area contributed by atoms with E-state index in [1.165, 1.54) is 0 Å². The number of rotatable bonds is 5. The van der Waals surface area contributed by atoms with E-state index < -0.39 is 29.5 Å². The van der Waals surface area contributed by atoms with Crippen molar-refractivity contribution in [2.45, 2.75) is 24.5 Å². The van der Waals surface area contributed by atoms with E-state index in [9.17, 15) is 19.5 Å². The van der Waals surface area contributed by atoms with Gasteiger partial charge in [-0.15, -0.1) is 0 Å². The largest absolute Gasteiger partial charge is 0.507 e. The predicted octanol–water partition coefficient (Wildman–Crippen LogP) is 3.04. The average Bonchev–Trinajstić information content (AvgIpc) is 3.28. The van der Waals surface area contributed by atoms with Gasteiger partial charge in [-0.3, -0.25) is 19.0 Å². The summed E-state index contributed by atoms with van der Waals surface area (Å²) in [6.45, 7) is 1.39. The molecule has 2 bridgehead atoms. The summed E-state index contributed by atoms with van der Waals surface area (Å²) in [5, 5.41) is 21.8. The number of carboxylic acids is 1. The molecule has 1 aliphatic carbocycles. The number of carboxylic acid groups (broad SMARTS) is 1. The number of aryl methyl sites for hydroxylation is 1. The number of nitrogens with one attached hydrogen (secondary N) is 1. The maximum absolute atomic E-state index is 13.6. The minimum atomic E-state index is -1.23. The van der Waals surface area contributed by atoms with Crippen LogP contribution in [0.25, 0.3) is 11.1 Å². The molecule has 1 amide bonds. The quantitative estimate of drug-likeness (QED) is 0.433. The van der Waals surface area contributed by atoms with Gasteiger partial charge in [-0.05, 0) is 34.7 Å². The molecule has 2 aromatic carbocycles. The summed E-state index contributed by atoms with van der Waals surface area (Å²) in [5.74, 6) is -1.43. The molecule has 3 aromatic rings. The number of carbonyl (C=O) groups is 2. The summed E-state index contributed by atoms with van der Waals surface area (Å²) in [5.41, 5.74) is 5.46. The molecule has 0 spiro atoms. The highest BCUT2D eigenvalue weighted by Crippen LogP contribution is 2.49. The van der Waals surface area contributed by atoms with Crippen LogP contribution in [0.3, 0.4) is 0 Å². The minimum Gasteiger partial charge on any atom is -0.507 e. The van der Waals surface area contributed by atoms with Crippen molar-refractivity contribution >= 4 is 23.6 Å². The number of hydrogen-bond acceptors (Lipinski definition) is 5. The topological polar surface area (TPSA) is 109 Å². The number of hydrogen-bond donors (Lipinski definition) is 3. The van der Waals surface area contributed by atoms with Crippen molar-refractivity contribution in [2.75, 3.05) is 6.54 Å². The molecular weight excluding hydrogens is 428 g/mol. The van der Waals surface area contributed by atoms with Gasteiger partial charge in [0.2, 0.25) is 0 Å². The monoisotopic (exact) mass is 448 g/mol. The van der Waals surface area contributed by atoms with Crippen LogP contribution in [0.15, 0.2) is 47.3 Å². The van der Waals surface area contributed by atoms with Gasteiger partial charge in [0.1, 0.15) is 17.9 Å². The van der Waals surface area contributed by atoms with E-state index in [1.807, 2.05) is 49.4 Å². The number of nitrogens with zero attached hydrogens (tertiary/aromatic N) is 1. The van der Waals surface area contributed by atoms with Gasteiger partial charge < -0.3 is 15.5 Å². The van der Waals surface area contributed by atoms with Crippen LogP contribution in [-0.4, -0.2) is 33.2 Å². The first-order chi connectivity index (χ1) is 15.4. The van der Waals surface area contributed by atoms with E-state index in [4.69, 9.17) is 5.11 Å². The van der Waals surface area contributed by atoms with Crippen molar-refractivity contribution in [3.05, 3.63) is 86.3 Å². The Kier molecular flexibility index (Phi) is 4.82. The first-order valence-electron chi connectivity index (χ1n) is 10.2. The average molecular weight is 449 g/mol. The first-order valence-corrected chi connectivity index (χ1v) is 11.3. The Balaban J connectivity index is 1.68. The SMILES string of the molecule is Cc1c2ccc(-c3ccccc3)c1C2n1c2c(c(O)c(C(=O)NCC(=O)O)c1=O)CSC2. The summed E-state index contributed by atoms with van der Waals surface area (Å²) >= 11 is 1.56. The highest BCUT2D eigenvalue weighted by Gasteiger charge is 2.39. The van der Waals surface area contributed by atoms with Gasteiger partial charge in [0.05, 0.1) is 6.04 Å². The lowest BCUT2D eigenvalue weighted by molar-refractivity contribution is -0.135. The molecule has 1 aromatic heterocycles. The maximum atomic E-state index is 13.6. The Morgan fingerprint density at radius 1 is 1.16 bits per heavy atom. The molecule has 2 aliphatic rings. The van der Waals surface area contributed by atoms with Crippen LogP contribution in [0.1, 0.15) is 44.3 Å². The molecule has 32 heavy (non-hydrogen) atoms. The third-order valence-electron chi connectivity index (χ3n) is 6.17. The minimum absolute atomic E-state index is 0.346. The number of thioether (sulfide) groups is 1. The summed E-state index contributed by atoms with van der Waals surface area (Å²) in [6.07, 6.45) is 0. The Morgan fingerprint density at radius 3 is 2.59 bits per heavy atom. The highest BCUT2D eigenvalue weighted by atomic mass is 32.2. The van der Waals surface area contributed by atoms with E-state index in [2.05, 4.69) is 5.32 Å². The summed E-state index contributed by atoms with van der Waals surface area (Å²) in [6, 6.07) is 13.6. The van der Waals surface area contributed by atoms with Gasteiger partial charge in [-0.2, -0.15) is 11.8 Å². The standard InChI is InChI=1S/C24H20N2O5S/c1-12-14-7-8-15(13-5-3-2-4-6-13)19(12)21(14)26-17-11-32-10-16(17)22(29)20(24(26)31)23(30)25-9-18(27)28/h2-8,21,29H,9-11H2,1H3,(H,25,30)(H,27,28). The summed E-state index contributed by atoms with van der Waals surface area (Å²) < 4.78 is 1.62. The van der Waals surface area contributed by atoms with Crippen molar-refractivity contribution < 1.29 is 19.8 Å². The van der Waals surface area contributed by atoms with E-state index in [0.29, 0.717) is 22.8 Å². The molecule has 0 radical (unpaired) electrons. The molecule has 0 fully saturated rings. The third-order valence-corrected chi connectivity index (χ3v) is 7.14. The number of fused-ring (bicyclic) bond motifs is 3. The van der Waals surface area contributed by atoms with Crippen LogP contribution in [0, 0.1) is 6.92 Å². The Hall–Kier alpha value is -3.52. The maximum Gasteiger partial charge on any atom is 0.322 e.